The van der Waals surface area contributed by atoms with Gasteiger partial charge in [0.2, 0.25) is 5.91 Å². The van der Waals surface area contributed by atoms with Crippen LogP contribution in [0.5, 0.6) is 0 Å². The summed E-state index contributed by atoms with van der Waals surface area (Å²) in [4.78, 5) is 36.3. The Labute approximate surface area is 107 Å². The first-order valence-electron chi connectivity index (χ1n) is 6.18. The van der Waals surface area contributed by atoms with Gasteiger partial charge in [0, 0.05) is 12.5 Å². The first-order chi connectivity index (χ1) is 8.11. The monoisotopic (exact) mass is 255 g/mol. The average Bonchev–Trinajstić information content (AvgIpc) is 2.13. The summed E-state index contributed by atoms with van der Waals surface area (Å²) in [5.41, 5.74) is -0.647. The first-order valence-corrected chi connectivity index (χ1v) is 6.18. The maximum Gasteiger partial charge on any atom is 0.417 e. The van der Waals surface area contributed by atoms with E-state index in [2.05, 4.69) is 0 Å². The number of hydrogen-bond donors (Lipinski definition) is 0. The van der Waals surface area contributed by atoms with Crippen molar-refractivity contribution in [1.29, 1.82) is 0 Å². The lowest BCUT2D eigenvalue weighted by Gasteiger charge is -2.33. The molecule has 1 aliphatic heterocycles. The Balaban J connectivity index is 2.79. The Morgan fingerprint density at radius 2 is 1.89 bits per heavy atom. The Bertz CT molecular complexity index is 368. The summed E-state index contributed by atoms with van der Waals surface area (Å²) in [5, 5.41) is 0. The Morgan fingerprint density at radius 3 is 2.33 bits per heavy atom. The van der Waals surface area contributed by atoms with Gasteiger partial charge in [-0.15, -0.1) is 0 Å². The molecule has 0 saturated carbocycles. The average molecular weight is 255 g/mol. The van der Waals surface area contributed by atoms with E-state index in [1.807, 2.05) is 13.8 Å². The van der Waals surface area contributed by atoms with Gasteiger partial charge < -0.3 is 4.74 Å². The molecule has 1 saturated heterocycles. The highest BCUT2D eigenvalue weighted by molar-refractivity contribution is 6.06. The highest BCUT2D eigenvalue weighted by Crippen LogP contribution is 2.23. The molecule has 1 atom stereocenters. The minimum atomic E-state index is -0.661. The lowest BCUT2D eigenvalue weighted by atomic mass is 9.86. The Kier molecular flexibility index (Phi) is 4.14. The van der Waals surface area contributed by atoms with Gasteiger partial charge in [-0.1, -0.05) is 13.8 Å². The number of carbonyl (C=O) groups is 3. The van der Waals surface area contributed by atoms with E-state index in [0.29, 0.717) is 0 Å². The number of likely N-dealkylation sites (tertiary alicyclic amines) is 1. The quantitative estimate of drug-likeness (QED) is 0.672. The molecule has 0 aliphatic carbocycles. The van der Waals surface area contributed by atoms with E-state index < -0.39 is 17.6 Å². The highest BCUT2D eigenvalue weighted by Gasteiger charge is 2.38. The van der Waals surface area contributed by atoms with Gasteiger partial charge in [-0.05, 0) is 26.7 Å². The van der Waals surface area contributed by atoms with Crippen LogP contribution in [0.3, 0.4) is 0 Å². The van der Waals surface area contributed by atoms with Gasteiger partial charge >= 0.3 is 6.09 Å². The second-order valence-electron chi connectivity index (χ2n) is 5.98. The van der Waals surface area contributed by atoms with Crippen molar-refractivity contribution in [2.75, 3.05) is 6.54 Å². The maximum atomic E-state index is 11.9. The van der Waals surface area contributed by atoms with E-state index in [1.54, 1.807) is 20.8 Å². The molecule has 0 aromatic heterocycles. The molecule has 5 heteroatoms. The van der Waals surface area contributed by atoms with Crippen molar-refractivity contribution in [2.45, 2.75) is 46.6 Å². The van der Waals surface area contributed by atoms with Crippen molar-refractivity contribution in [1.82, 2.24) is 4.90 Å². The number of Topliss-reactive ketones (excluding diaryl/α,β-unsaturated/α-hetero) is 1. The number of rotatable bonds is 1. The zero-order chi connectivity index (χ0) is 14.1. The lowest BCUT2D eigenvalue weighted by Crippen LogP contribution is -2.50. The normalized spacial score (nSPS) is 21.4. The van der Waals surface area contributed by atoms with Gasteiger partial charge in [0.1, 0.15) is 11.4 Å². The van der Waals surface area contributed by atoms with E-state index in [0.717, 1.165) is 4.90 Å². The fourth-order valence-corrected chi connectivity index (χ4v) is 1.85. The Hall–Kier alpha value is -1.39. The van der Waals surface area contributed by atoms with Crippen LogP contribution in [0.15, 0.2) is 0 Å². The van der Waals surface area contributed by atoms with Gasteiger partial charge in [-0.25, -0.2) is 9.69 Å². The number of amides is 2. The van der Waals surface area contributed by atoms with Crippen LogP contribution in [0.25, 0.3) is 0 Å². The molecule has 1 rings (SSSR count). The molecule has 0 bridgehead atoms. The van der Waals surface area contributed by atoms with Crippen molar-refractivity contribution in [3.05, 3.63) is 0 Å². The van der Waals surface area contributed by atoms with Crippen molar-refractivity contribution >= 4 is 17.8 Å². The summed E-state index contributed by atoms with van der Waals surface area (Å²) in [6.45, 7) is 9.17. The molecule has 2 amide bonds. The van der Waals surface area contributed by atoms with Gasteiger partial charge in [0.25, 0.3) is 0 Å². The fourth-order valence-electron chi connectivity index (χ4n) is 1.85. The number of imide groups is 1. The second kappa shape index (κ2) is 5.08. The SMILES string of the molecule is CC(C)C1CN(C(=O)OC(C)(C)C)C(=O)CC1=O. The van der Waals surface area contributed by atoms with Crippen molar-refractivity contribution in [3.63, 3.8) is 0 Å². The molecule has 1 heterocycles. The molecule has 5 nitrogen and oxygen atoms in total. The summed E-state index contributed by atoms with van der Waals surface area (Å²) >= 11 is 0. The third kappa shape index (κ3) is 3.55. The van der Waals surface area contributed by atoms with Crippen molar-refractivity contribution in [2.24, 2.45) is 11.8 Å². The number of ether oxygens (including phenoxy) is 1. The van der Waals surface area contributed by atoms with E-state index in [-0.39, 0.29) is 30.6 Å². The third-order valence-corrected chi connectivity index (χ3v) is 2.84. The zero-order valence-electron chi connectivity index (χ0n) is 11.6. The van der Waals surface area contributed by atoms with Crippen LogP contribution in [0.4, 0.5) is 4.79 Å². The predicted octanol–water partition coefficient (Wildman–Crippen LogP) is 2.00. The largest absolute Gasteiger partial charge is 0.443 e. The molecule has 0 N–H and O–H groups in total. The highest BCUT2D eigenvalue weighted by atomic mass is 16.6. The molecule has 0 aromatic rings. The van der Waals surface area contributed by atoms with E-state index in [1.165, 1.54) is 0 Å². The molecular formula is C13H21NO4. The zero-order valence-corrected chi connectivity index (χ0v) is 11.6. The summed E-state index contributed by atoms with van der Waals surface area (Å²) in [5.74, 6) is -0.730. The van der Waals surface area contributed by atoms with Crippen LogP contribution in [-0.4, -0.2) is 34.8 Å². The molecule has 0 spiro atoms. The summed E-state index contributed by atoms with van der Waals surface area (Å²) in [6.07, 6.45) is -0.868. The standard InChI is InChI=1S/C13H21NO4/c1-8(2)9-7-14(11(16)6-10(9)15)12(17)18-13(3,4)5/h8-9H,6-7H2,1-5H3. The van der Waals surface area contributed by atoms with Crippen molar-refractivity contribution < 1.29 is 19.1 Å². The number of piperidine rings is 1. The molecular weight excluding hydrogens is 234 g/mol. The number of ketones is 1. The molecule has 18 heavy (non-hydrogen) atoms. The molecule has 1 fully saturated rings. The van der Waals surface area contributed by atoms with Gasteiger partial charge in [0.05, 0.1) is 6.42 Å². The van der Waals surface area contributed by atoms with Crippen LogP contribution in [0.1, 0.15) is 41.0 Å². The summed E-state index contributed by atoms with van der Waals surface area (Å²) < 4.78 is 5.17. The third-order valence-electron chi connectivity index (χ3n) is 2.84. The van der Waals surface area contributed by atoms with E-state index in [9.17, 15) is 14.4 Å². The topological polar surface area (TPSA) is 63.7 Å². The van der Waals surface area contributed by atoms with E-state index in [4.69, 9.17) is 4.74 Å². The minimum Gasteiger partial charge on any atom is -0.443 e. The van der Waals surface area contributed by atoms with Crippen LogP contribution >= 0.6 is 0 Å². The summed E-state index contributed by atoms with van der Waals surface area (Å²) in [7, 11) is 0. The number of hydrogen-bond acceptors (Lipinski definition) is 4. The van der Waals surface area contributed by atoms with Gasteiger partial charge in [0.15, 0.2) is 0 Å². The van der Waals surface area contributed by atoms with Crippen molar-refractivity contribution in [3.8, 4) is 0 Å². The molecule has 1 unspecified atom stereocenters. The molecule has 1 aliphatic rings. The van der Waals surface area contributed by atoms with Crippen LogP contribution in [0, 0.1) is 11.8 Å². The predicted molar refractivity (Wildman–Crippen MR) is 65.9 cm³/mol. The second-order valence-corrected chi connectivity index (χ2v) is 5.98. The van der Waals surface area contributed by atoms with Gasteiger partial charge in [-0.3, -0.25) is 9.59 Å². The molecule has 0 aromatic carbocycles. The van der Waals surface area contributed by atoms with Crippen LogP contribution in [0.2, 0.25) is 0 Å². The van der Waals surface area contributed by atoms with Crippen LogP contribution < -0.4 is 0 Å². The maximum absolute atomic E-state index is 11.9. The van der Waals surface area contributed by atoms with Gasteiger partial charge in [-0.2, -0.15) is 0 Å². The minimum absolute atomic E-state index is 0.0881. The Morgan fingerprint density at radius 1 is 1.33 bits per heavy atom. The summed E-state index contributed by atoms with van der Waals surface area (Å²) in [6, 6.07) is 0. The number of nitrogens with zero attached hydrogens (tertiary/aromatic N) is 1. The first kappa shape index (κ1) is 14.7. The van der Waals surface area contributed by atoms with E-state index >= 15 is 0 Å². The smallest absolute Gasteiger partial charge is 0.417 e. The fraction of sp³-hybridized carbons (Fsp3) is 0.769. The number of carbonyl (C=O) groups excluding carboxylic acids is 3. The molecule has 0 radical (unpaired) electrons. The molecule has 102 valence electrons. The van der Waals surface area contributed by atoms with Crippen LogP contribution in [-0.2, 0) is 14.3 Å². The lowest BCUT2D eigenvalue weighted by molar-refractivity contribution is -0.142.